The molecule has 0 aromatic heterocycles. The zero-order valence-electron chi connectivity index (χ0n) is 12.1. The third kappa shape index (κ3) is 4.60. The fourth-order valence-corrected chi connectivity index (χ4v) is 2.21. The monoisotopic (exact) mass is 347 g/mol. The average molecular weight is 348 g/mol. The van der Waals surface area contributed by atoms with E-state index in [9.17, 15) is 4.79 Å². The second-order valence-corrected chi connectivity index (χ2v) is 5.75. The Morgan fingerprint density at radius 1 is 1.24 bits per heavy atom. The van der Waals surface area contributed by atoms with Crippen LogP contribution in [0, 0.1) is 6.92 Å². The highest BCUT2D eigenvalue weighted by Gasteiger charge is 2.09. The van der Waals surface area contributed by atoms with Gasteiger partial charge in [-0.3, -0.25) is 4.79 Å². The number of benzene rings is 2. The molecule has 0 saturated carbocycles. The van der Waals surface area contributed by atoms with Crippen molar-refractivity contribution in [2.75, 3.05) is 6.61 Å². The van der Waals surface area contributed by atoms with Gasteiger partial charge in [0.15, 0.2) is 6.61 Å². The number of halogens is 1. The summed E-state index contributed by atoms with van der Waals surface area (Å²) in [6.07, 6.45) is 0. The molecule has 1 N–H and O–H groups in total. The van der Waals surface area contributed by atoms with Gasteiger partial charge in [-0.25, -0.2) is 0 Å². The molecule has 0 radical (unpaired) electrons. The van der Waals surface area contributed by atoms with E-state index in [0.29, 0.717) is 5.75 Å². The molecular formula is C17H18BrNO2. The van der Waals surface area contributed by atoms with Gasteiger partial charge in [-0.15, -0.1) is 0 Å². The molecule has 110 valence electrons. The molecule has 21 heavy (non-hydrogen) atoms. The third-order valence-corrected chi connectivity index (χ3v) is 4.07. The first-order valence-corrected chi connectivity index (χ1v) is 7.59. The lowest BCUT2D eigenvalue weighted by molar-refractivity contribution is -0.123. The fourth-order valence-electron chi connectivity index (χ4n) is 1.96. The van der Waals surface area contributed by atoms with E-state index in [4.69, 9.17) is 4.74 Å². The van der Waals surface area contributed by atoms with Crippen molar-refractivity contribution < 1.29 is 9.53 Å². The molecule has 2 aromatic rings. The van der Waals surface area contributed by atoms with Crippen molar-refractivity contribution in [2.24, 2.45) is 0 Å². The molecule has 0 spiro atoms. The molecule has 0 unspecified atom stereocenters. The number of rotatable bonds is 5. The predicted molar refractivity (Wildman–Crippen MR) is 87.4 cm³/mol. The van der Waals surface area contributed by atoms with E-state index in [1.165, 1.54) is 0 Å². The topological polar surface area (TPSA) is 38.3 Å². The Bertz CT molecular complexity index is 613. The summed E-state index contributed by atoms with van der Waals surface area (Å²) in [4.78, 5) is 11.9. The highest BCUT2D eigenvalue weighted by atomic mass is 79.9. The number of nitrogens with one attached hydrogen (secondary N) is 1. The first-order valence-electron chi connectivity index (χ1n) is 6.79. The Kier molecular flexibility index (Phi) is 5.39. The maximum Gasteiger partial charge on any atom is 0.258 e. The van der Waals surface area contributed by atoms with Crippen molar-refractivity contribution in [3.63, 3.8) is 0 Å². The number of hydrogen-bond acceptors (Lipinski definition) is 2. The van der Waals surface area contributed by atoms with Gasteiger partial charge in [0.25, 0.3) is 5.91 Å². The second-order valence-electron chi connectivity index (χ2n) is 4.90. The van der Waals surface area contributed by atoms with Gasteiger partial charge in [-0.05, 0) is 43.2 Å². The lowest BCUT2D eigenvalue weighted by Crippen LogP contribution is -2.31. The molecule has 0 aliphatic carbocycles. The van der Waals surface area contributed by atoms with Crippen LogP contribution in [0.3, 0.4) is 0 Å². The number of aryl methyl sites for hydroxylation is 1. The average Bonchev–Trinajstić information content (AvgIpc) is 2.49. The van der Waals surface area contributed by atoms with Crippen LogP contribution < -0.4 is 10.1 Å². The predicted octanol–water partition coefficient (Wildman–Crippen LogP) is 4.01. The van der Waals surface area contributed by atoms with Gasteiger partial charge in [0.05, 0.1) is 6.04 Å². The van der Waals surface area contributed by atoms with E-state index in [1.807, 2.05) is 62.4 Å². The highest BCUT2D eigenvalue weighted by molar-refractivity contribution is 9.10. The molecule has 0 fully saturated rings. The van der Waals surface area contributed by atoms with E-state index in [1.54, 1.807) is 0 Å². The third-order valence-electron chi connectivity index (χ3n) is 3.18. The number of hydrogen-bond donors (Lipinski definition) is 1. The largest absolute Gasteiger partial charge is 0.484 e. The summed E-state index contributed by atoms with van der Waals surface area (Å²) in [7, 11) is 0. The molecule has 0 heterocycles. The summed E-state index contributed by atoms with van der Waals surface area (Å²) in [5.74, 6) is 0.560. The van der Waals surface area contributed by atoms with E-state index in [0.717, 1.165) is 15.6 Å². The first-order chi connectivity index (χ1) is 10.1. The SMILES string of the molecule is Cc1cc(OCC(=O)N[C@@H](C)c2ccccc2)ccc1Br. The standard InChI is InChI=1S/C17H18BrNO2/c1-12-10-15(8-9-16(12)18)21-11-17(20)19-13(2)14-6-4-3-5-7-14/h3-10,13H,11H2,1-2H3,(H,19,20)/t13-/m0/s1. The molecule has 1 amide bonds. The number of carbonyl (C=O) groups is 1. The molecule has 0 bridgehead atoms. The van der Waals surface area contributed by atoms with Crippen molar-refractivity contribution in [3.8, 4) is 5.75 Å². The van der Waals surface area contributed by atoms with Crippen LogP contribution in [0.2, 0.25) is 0 Å². The lowest BCUT2D eigenvalue weighted by atomic mass is 10.1. The van der Waals surface area contributed by atoms with E-state index in [2.05, 4.69) is 21.2 Å². The van der Waals surface area contributed by atoms with Crippen LogP contribution in [0.15, 0.2) is 53.0 Å². The fraction of sp³-hybridized carbons (Fsp3) is 0.235. The van der Waals surface area contributed by atoms with E-state index < -0.39 is 0 Å². The smallest absolute Gasteiger partial charge is 0.258 e. The van der Waals surface area contributed by atoms with Crippen LogP contribution in [-0.2, 0) is 4.79 Å². The number of ether oxygens (including phenoxy) is 1. The molecule has 4 heteroatoms. The van der Waals surface area contributed by atoms with E-state index in [-0.39, 0.29) is 18.6 Å². The zero-order chi connectivity index (χ0) is 15.2. The summed E-state index contributed by atoms with van der Waals surface area (Å²) < 4.78 is 6.53. The van der Waals surface area contributed by atoms with Crippen molar-refractivity contribution in [1.82, 2.24) is 5.32 Å². The first kappa shape index (κ1) is 15.6. The van der Waals surface area contributed by atoms with Gasteiger partial charge in [0.2, 0.25) is 0 Å². The van der Waals surface area contributed by atoms with Gasteiger partial charge in [0.1, 0.15) is 5.75 Å². The zero-order valence-corrected chi connectivity index (χ0v) is 13.7. The van der Waals surface area contributed by atoms with Gasteiger partial charge in [-0.2, -0.15) is 0 Å². The van der Waals surface area contributed by atoms with Gasteiger partial charge < -0.3 is 10.1 Å². The summed E-state index contributed by atoms with van der Waals surface area (Å²) in [6, 6.07) is 15.5. The maximum atomic E-state index is 11.9. The Hall–Kier alpha value is -1.81. The molecule has 0 aliphatic rings. The molecular weight excluding hydrogens is 330 g/mol. The lowest BCUT2D eigenvalue weighted by Gasteiger charge is -2.14. The van der Waals surface area contributed by atoms with E-state index >= 15 is 0 Å². The Balaban J connectivity index is 1.86. The molecule has 2 rings (SSSR count). The summed E-state index contributed by atoms with van der Waals surface area (Å²) >= 11 is 3.43. The minimum atomic E-state index is -0.132. The van der Waals surface area contributed by atoms with Gasteiger partial charge in [0, 0.05) is 4.47 Å². The van der Waals surface area contributed by atoms with Crippen LogP contribution in [-0.4, -0.2) is 12.5 Å². The van der Waals surface area contributed by atoms with Crippen molar-refractivity contribution in [1.29, 1.82) is 0 Å². The Morgan fingerprint density at radius 3 is 2.62 bits per heavy atom. The van der Waals surface area contributed by atoms with Gasteiger partial charge >= 0.3 is 0 Å². The Labute approximate surface area is 133 Å². The minimum absolute atomic E-state index is 0.0121. The summed E-state index contributed by atoms with van der Waals surface area (Å²) in [5.41, 5.74) is 2.15. The minimum Gasteiger partial charge on any atom is -0.484 e. The summed E-state index contributed by atoms with van der Waals surface area (Å²) in [6.45, 7) is 3.95. The van der Waals surface area contributed by atoms with Crippen LogP contribution in [0.1, 0.15) is 24.1 Å². The number of amides is 1. The van der Waals surface area contributed by atoms with Crippen LogP contribution in [0.4, 0.5) is 0 Å². The van der Waals surface area contributed by atoms with Crippen LogP contribution in [0.25, 0.3) is 0 Å². The molecule has 0 aliphatic heterocycles. The number of carbonyl (C=O) groups excluding carboxylic acids is 1. The molecule has 3 nitrogen and oxygen atoms in total. The Morgan fingerprint density at radius 2 is 1.95 bits per heavy atom. The quantitative estimate of drug-likeness (QED) is 0.887. The molecule has 1 atom stereocenters. The normalized spacial score (nSPS) is 11.8. The second kappa shape index (κ2) is 7.27. The maximum absolute atomic E-state index is 11.9. The van der Waals surface area contributed by atoms with Crippen molar-refractivity contribution >= 4 is 21.8 Å². The van der Waals surface area contributed by atoms with Crippen molar-refractivity contribution in [3.05, 3.63) is 64.1 Å². The van der Waals surface area contributed by atoms with Crippen LogP contribution in [0.5, 0.6) is 5.75 Å². The molecule has 0 saturated heterocycles. The van der Waals surface area contributed by atoms with Crippen LogP contribution >= 0.6 is 15.9 Å². The summed E-state index contributed by atoms with van der Waals surface area (Å²) in [5, 5.41) is 2.92. The molecule has 2 aromatic carbocycles. The van der Waals surface area contributed by atoms with Gasteiger partial charge in [-0.1, -0.05) is 46.3 Å². The highest BCUT2D eigenvalue weighted by Crippen LogP contribution is 2.21. The van der Waals surface area contributed by atoms with Crippen molar-refractivity contribution in [2.45, 2.75) is 19.9 Å².